The average molecular weight is 383 g/mol. The maximum atomic E-state index is 12.9. The highest BCUT2D eigenvalue weighted by molar-refractivity contribution is 5.96. The number of Topliss-reactive ketones (excluding diaryl/α,β-unsaturated/α-hetero) is 1. The fraction of sp³-hybridized carbons (Fsp3) is 0.636. The van der Waals surface area contributed by atoms with Gasteiger partial charge in [0.15, 0.2) is 5.78 Å². The summed E-state index contributed by atoms with van der Waals surface area (Å²) in [4.78, 5) is 45.8. The number of carbonyl (C=O) groups is 3. The number of aromatic nitrogens is 1. The Morgan fingerprint density at radius 1 is 1.14 bits per heavy atom. The molecule has 1 atom stereocenters. The molecule has 1 aliphatic carbocycles. The lowest BCUT2D eigenvalue weighted by Gasteiger charge is -2.34. The summed E-state index contributed by atoms with van der Waals surface area (Å²) in [5.41, 5.74) is 0.574. The fourth-order valence-corrected chi connectivity index (χ4v) is 5.16. The first kappa shape index (κ1) is 19.1. The van der Waals surface area contributed by atoms with E-state index in [1.54, 1.807) is 28.1 Å². The van der Waals surface area contributed by atoms with Crippen LogP contribution < -0.4 is 0 Å². The van der Waals surface area contributed by atoms with E-state index in [0.29, 0.717) is 25.2 Å². The van der Waals surface area contributed by atoms with E-state index in [0.717, 1.165) is 32.2 Å². The molecule has 1 unspecified atom stereocenters. The molecule has 1 saturated carbocycles. The van der Waals surface area contributed by atoms with Crippen LogP contribution in [0.3, 0.4) is 0 Å². The van der Waals surface area contributed by atoms with Crippen LogP contribution in [0.1, 0.15) is 61.9 Å². The van der Waals surface area contributed by atoms with Crippen LogP contribution in [0.4, 0.5) is 0 Å². The standard InChI is InChI=1S/C22H29N3O3/c26-19-13-22(9-3-1-4-10-22)16-25(19)15-20(27)24-12-6-7-17(14-24)21(28)18-8-2-5-11-23-18/h2,5,8,11,17H,1,3-4,6-7,9-10,12-16H2. The Bertz CT molecular complexity index is 743. The lowest BCUT2D eigenvalue weighted by atomic mass is 9.73. The summed E-state index contributed by atoms with van der Waals surface area (Å²) in [5.74, 6) is -0.101. The Hall–Kier alpha value is -2.24. The lowest BCUT2D eigenvalue weighted by molar-refractivity contribution is -0.139. The van der Waals surface area contributed by atoms with E-state index in [9.17, 15) is 14.4 Å². The van der Waals surface area contributed by atoms with Gasteiger partial charge in [0, 0.05) is 38.2 Å². The molecule has 1 spiro atoms. The van der Waals surface area contributed by atoms with E-state index in [1.165, 1.54) is 19.3 Å². The number of pyridine rings is 1. The summed E-state index contributed by atoms with van der Waals surface area (Å²) >= 11 is 0. The van der Waals surface area contributed by atoms with Crippen molar-refractivity contribution in [2.24, 2.45) is 11.3 Å². The minimum absolute atomic E-state index is 0.0107. The van der Waals surface area contributed by atoms with E-state index in [1.807, 2.05) is 6.07 Å². The molecule has 6 heteroatoms. The molecule has 4 rings (SSSR count). The van der Waals surface area contributed by atoms with Gasteiger partial charge in [0.1, 0.15) is 5.69 Å². The Labute approximate surface area is 166 Å². The van der Waals surface area contributed by atoms with Crippen molar-refractivity contribution < 1.29 is 14.4 Å². The van der Waals surface area contributed by atoms with Crippen LogP contribution in [0.15, 0.2) is 24.4 Å². The second-order valence-electron chi connectivity index (χ2n) is 8.75. The minimum Gasteiger partial charge on any atom is -0.340 e. The topological polar surface area (TPSA) is 70.6 Å². The molecular weight excluding hydrogens is 354 g/mol. The normalized spacial score (nSPS) is 24.6. The van der Waals surface area contributed by atoms with E-state index in [4.69, 9.17) is 0 Å². The van der Waals surface area contributed by atoms with Crippen LogP contribution in [0.5, 0.6) is 0 Å². The quantitative estimate of drug-likeness (QED) is 0.750. The molecule has 0 bridgehead atoms. The van der Waals surface area contributed by atoms with Gasteiger partial charge >= 0.3 is 0 Å². The molecule has 0 N–H and O–H groups in total. The van der Waals surface area contributed by atoms with E-state index in [2.05, 4.69) is 4.98 Å². The van der Waals surface area contributed by atoms with Gasteiger partial charge in [-0.25, -0.2) is 0 Å². The van der Waals surface area contributed by atoms with Crippen LogP contribution in [-0.4, -0.2) is 58.6 Å². The minimum atomic E-state index is -0.202. The first-order valence-electron chi connectivity index (χ1n) is 10.6. The van der Waals surface area contributed by atoms with Gasteiger partial charge in [-0.05, 0) is 43.2 Å². The molecular formula is C22H29N3O3. The number of piperidine rings is 1. The zero-order valence-corrected chi connectivity index (χ0v) is 16.4. The Balaban J connectivity index is 1.36. The number of ketones is 1. The van der Waals surface area contributed by atoms with Gasteiger partial charge in [-0.2, -0.15) is 0 Å². The van der Waals surface area contributed by atoms with Gasteiger partial charge < -0.3 is 9.80 Å². The predicted octanol–water partition coefficient (Wildman–Crippen LogP) is 2.69. The van der Waals surface area contributed by atoms with Gasteiger partial charge in [-0.1, -0.05) is 25.3 Å². The molecule has 150 valence electrons. The SMILES string of the molecule is O=C(c1ccccn1)C1CCCN(C(=O)CN2CC3(CCCCC3)CC2=O)C1. The molecule has 1 aromatic rings. The molecule has 3 heterocycles. The van der Waals surface area contributed by atoms with Crippen molar-refractivity contribution in [2.45, 2.75) is 51.4 Å². The third kappa shape index (κ3) is 3.96. The van der Waals surface area contributed by atoms with Gasteiger partial charge in [0.2, 0.25) is 11.8 Å². The fourth-order valence-electron chi connectivity index (χ4n) is 5.16. The first-order valence-corrected chi connectivity index (χ1v) is 10.6. The van der Waals surface area contributed by atoms with Crippen molar-refractivity contribution in [3.63, 3.8) is 0 Å². The summed E-state index contributed by atoms with van der Waals surface area (Å²) in [6.07, 6.45) is 9.67. The summed E-state index contributed by atoms with van der Waals surface area (Å²) in [6, 6.07) is 5.33. The lowest BCUT2D eigenvalue weighted by Crippen LogP contribution is -2.47. The molecule has 6 nitrogen and oxygen atoms in total. The zero-order valence-electron chi connectivity index (χ0n) is 16.4. The molecule has 28 heavy (non-hydrogen) atoms. The number of amides is 2. The van der Waals surface area contributed by atoms with Crippen LogP contribution in [0, 0.1) is 11.3 Å². The highest BCUT2D eigenvalue weighted by atomic mass is 16.2. The number of hydrogen-bond donors (Lipinski definition) is 0. The molecule has 0 radical (unpaired) electrons. The summed E-state index contributed by atoms with van der Waals surface area (Å²) in [5, 5.41) is 0. The van der Waals surface area contributed by atoms with Gasteiger partial charge in [-0.3, -0.25) is 19.4 Å². The summed E-state index contributed by atoms with van der Waals surface area (Å²) < 4.78 is 0. The number of rotatable bonds is 4. The molecule has 3 fully saturated rings. The Morgan fingerprint density at radius 3 is 2.71 bits per heavy atom. The van der Waals surface area contributed by atoms with E-state index < -0.39 is 0 Å². The molecule has 0 aromatic carbocycles. The second-order valence-corrected chi connectivity index (χ2v) is 8.75. The van der Waals surface area contributed by atoms with Gasteiger partial charge in [0.05, 0.1) is 6.54 Å². The molecule has 1 aromatic heterocycles. The molecule has 2 aliphatic heterocycles. The van der Waals surface area contributed by atoms with E-state index >= 15 is 0 Å². The van der Waals surface area contributed by atoms with Crippen molar-refractivity contribution in [2.75, 3.05) is 26.2 Å². The maximum absolute atomic E-state index is 12.9. The van der Waals surface area contributed by atoms with Crippen LogP contribution >= 0.6 is 0 Å². The number of likely N-dealkylation sites (tertiary alicyclic amines) is 2. The smallest absolute Gasteiger partial charge is 0.242 e. The summed E-state index contributed by atoms with van der Waals surface area (Å²) in [7, 11) is 0. The van der Waals surface area contributed by atoms with Gasteiger partial charge in [-0.15, -0.1) is 0 Å². The molecule has 3 aliphatic rings. The van der Waals surface area contributed by atoms with Crippen molar-refractivity contribution in [1.29, 1.82) is 0 Å². The monoisotopic (exact) mass is 383 g/mol. The number of carbonyl (C=O) groups excluding carboxylic acids is 3. The Morgan fingerprint density at radius 2 is 1.96 bits per heavy atom. The van der Waals surface area contributed by atoms with Crippen LogP contribution in [-0.2, 0) is 9.59 Å². The highest BCUT2D eigenvalue weighted by Crippen LogP contribution is 2.44. The second kappa shape index (κ2) is 8.02. The summed E-state index contributed by atoms with van der Waals surface area (Å²) in [6.45, 7) is 1.98. The number of hydrogen-bond acceptors (Lipinski definition) is 4. The van der Waals surface area contributed by atoms with Crippen LogP contribution in [0.25, 0.3) is 0 Å². The van der Waals surface area contributed by atoms with E-state index in [-0.39, 0.29) is 35.5 Å². The molecule has 2 amide bonds. The van der Waals surface area contributed by atoms with Gasteiger partial charge in [0.25, 0.3) is 0 Å². The maximum Gasteiger partial charge on any atom is 0.242 e. The largest absolute Gasteiger partial charge is 0.340 e. The average Bonchev–Trinajstić information content (AvgIpc) is 3.02. The van der Waals surface area contributed by atoms with Crippen molar-refractivity contribution in [3.8, 4) is 0 Å². The van der Waals surface area contributed by atoms with Crippen molar-refractivity contribution in [1.82, 2.24) is 14.8 Å². The molecule has 2 saturated heterocycles. The predicted molar refractivity (Wildman–Crippen MR) is 105 cm³/mol. The first-order chi connectivity index (χ1) is 13.6. The third-order valence-corrected chi connectivity index (χ3v) is 6.71. The van der Waals surface area contributed by atoms with Crippen molar-refractivity contribution in [3.05, 3.63) is 30.1 Å². The van der Waals surface area contributed by atoms with Crippen LogP contribution in [0.2, 0.25) is 0 Å². The Kier molecular flexibility index (Phi) is 5.47. The third-order valence-electron chi connectivity index (χ3n) is 6.71. The van der Waals surface area contributed by atoms with Crippen molar-refractivity contribution >= 4 is 17.6 Å². The zero-order chi connectivity index (χ0) is 19.6. The highest BCUT2D eigenvalue weighted by Gasteiger charge is 2.44. The number of nitrogens with zero attached hydrogens (tertiary/aromatic N) is 3.